The average Bonchev–Trinajstić information content (AvgIpc) is 1.78. The van der Waals surface area contributed by atoms with Gasteiger partial charge in [-0.05, 0) is 126 Å². The molecule has 3 saturated heterocycles. The molecule has 7 rings (SSSR count). The summed E-state index contributed by atoms with van der Waals surface area (Å²) in [5, 5.41) is 11.2. The molecule has 2 saturated carbocycles. The number of nitrogens with one attached hydrogen (secondary N) is 4. The fourth-order valence-electron chi connectivity index (χ4n) is 14.2. The van der Waals surface area contributed by atoms with Crippen LogP contribution < -0.4 is 21.3 Å². The topological polar surface area (TPSA) is 259 Å². The molecule has 4 N–H and O–H groups in total. The number of amides is 11. The lowest BCUT2D eigenvalue weighted by atomic mass is 9.90. The quantitative estimate of drug-likeness (QED) is 0.221. The summed E-state index contributed by atoms with van der Waals surface area (Å²) in [6.45, 7) is 12.0. The number of benzene rings is 2. The highest BCUT2D eigenvalue weighted by Crippen LogP contribution is 2.38. The van der Waals surface area contributed by atoms with E-state index in [-0.39, 0.29) is 82.7 Å². The van der Waals surface area contributed by atoms with Crippen LogP contribution in [0.4, 0.5) is 13.2 Å². The number of carbonyl (C=O) groups is 11. The first kappa shape index (κ1) is 75.1. The summed E-state index contributed by atoms with van der Waals surface area (Å²) in [6.07, 6.45) is 0.507. The van der Waals surface area contributed by atoms with E-state index >= 15 is 9.59 Å². The Bertz CT molecular complexity index is 3160. The SMILES string of the molecule is CC[C@H](C)[C@@H]1NC(=O)C(CC(C)C)N(C)C(=O)C[C@@H](C)NC(=O)[C@H](C2CCCC2)N(C)C(=O)C2(CCCC2)NC(=O)[C@@H]2CCCN2C(=O)[C@H](CCc2ccc(C(F)(F)F)c(Cl)c2)NC(=O)CN(C)C(=O)[C@H](Cc2ccc(C)cc2)N(C)C(=O)[C@@H]2CCN2C(=O)[C@H](C)N(C)C1=O. The van der Waals surface area contributed by atoms with Gasteiger partial charge in [-0.2, -0.15) is 13.2 Å². The van der Waals surface area contributed by atoms with Gasteiger partial charge in [0.2, 0.25) is 65.0 Å². The molecule has 95 heavy (non-hydrogen) atoms. The second-order valence-electron chi connectivity index (χ2n) is 27.8. The molecular weight excluding hydrogens is 1250 g/mol. The molecule has 1 unspecified atom stereocenters. The van der Waals surface area contributed by atoms with Gasteiger partial charge in [-0.15, -0.1) is 0 Å². The second-order valence-corrected chi connectivity index (χ2v) is 28.2. The van der Waals surface area contributed by atoms with Crippen LogP contribution in [0, 0.1) is 24.7 Å². The Kier molecular flexibility index (Phi) is 25.4. The van der Waals surface area contributed by atoms with Crippen molar-refractivity contribution in [1.29, 1.82) is 0 Å². The Morgan fingerprint density at radius 3 is 1.86 bits per heavy atom. The van der Waals surface area contributed by atoms with Crippen LogP contribution in [0.15, 0.2) is 42.5 Å². The lowest BCUT2D eigenvalue weighted by Crippen LogP contribution is -2.65. The first-order valence-electron chi connectivity index (χ1n) is 33.7. The number of alkyl halides is 3. The maximum atomic E-state index is 15.3. The predicted octanol–water partition coefficient (Wildman–Crippen LogP) is 5.81. The Labute approximate surface area is 561 Å². The van der Waals surface area contributed by atoms with Gasteiger partial charge in [0.1, 0.15) is 53.9 Å². The zero-order valence-corrected chi connectivity index (χ0v) is 58.0. The molecule has 22 nitrogen and oxygen atoms in total. The standard InChI is InChI=1S/C69H99ClF3N11O11/c1-13-42(5)57-66(94)79(9)44(7)62(90)84-34-30-52(84)65(93)81(11)54(38-46-24-22-41(4)23-25-46)64(92)78(8)39-55(85)75-50(29-27-45-26-28-48(49(70)37-45)69(71,72)73)63(91)83-33-18-21-51(83)60(88)77-68(31-16-17-32-68)67(95)82(12)58(47-19-14-15-20-47)61(89)74-43(6)36-56(86)80(10)53(35-40(2)3)59(87)76-57/h22-26,28,37,40,42-44,47,50-54,57-58H,13-21,27,29-36,38-39H2,1-12H3,(H,74,89)(H,75,85)(H,76,87)(H,77,88)/t42-,43+,44-,50-,51-,52-,53?,54-,57-,58-/m0/s1. The highest BCUT2D eigenvalue weighted by atomic mass is 35.5. The summed E-state index contributed by atoms with van der Waals surface area (Å²) in [5.41, 5.74) is -0.663. The zero-order valence-electron chi connectivity index (χ0n) is 57.2. The molecular formula is C69H99ClF3N11O11. The highest BCUT2D eigenvalue weighted by molar-refractivity contribution is 6.31. The van der Waals surface area contributed by atoms with Gasteiger partial charge >= 0.3 is 6.18 Å². The number of halogens is 4. The van der Waals surface area contributed by atoms with Crippen molar-refractivity contribution in [2.75, 3.05) is 54.9 Å². The van der Waals surface area contributed by atoms with E-state index in [1.807, 2.05) is 39.8 Å². The molecule has 3 heterocycles. The van der Waals surface area contributed by atoms with E-state index in [9.17, 15) is 56.3 Å². The maximum absolute atomic E-state index is 15.3. The third-order valence-corrected chi connectivity index (χ3v) is 20.7. The molecule has 3 aliphatic heterocycles. The minimum Gasteiger partial charge on any atom is -0.351 e. The summed E-state index contributed by atoms with van der Waals surface area (Å²) in [5.74, 6) is -7.52. The molecule has 1 spiro atoms. The van der Waals surface area contributed by atoms with Crippen LogP contribution >= 0.6 is 11.6 Å². The summed E-state index contributed by atoms with van der Waals surface area (Å²) in [6, 6.07) is 0.387. The molecule has 10 atom stereocenters. The van der Waals surface area contributed by atoms with E-state index in [1.165, 1.54) is 77.6 Å². The molecule has 2 aromatic carbocycles. The van der Waals surface area contributed by atoms with Gasteiger partial charge in [0.05, 0.1) is 17.1 Å². The zero-order chi connectivity index (χ0) is 70.1. The number of hydrogen-bond acceptors (Lipinski definition) is 11. The number of fused-ring (bicyclic) bond motifs is 2. The van der Waals surface area contributed by atoms with Crippen LogP contribution in [0.5, 0.6) is 0 Å². The van der Waals surface area contributed by atoms with Crippen LogP contribution in [-0.2, 0) is 71.8 Å². The molecule has 5 aliphatic rings. The van der Waals surface area contributed by atoms with Crippen molar-refractivity contribution in [1.82, 2.24) is 55.6 Å². The van der Waals surface area contributed by atoms with Crippen LogP contribution in [0.1, 0.15) is 160 Å². The fraction of sp³-hybridized carbons (Fsp3) is 0.667. The Hall–Kier alpha value is -7.31. The maximum Gasteiger partial charge on any atom is 0.417 e. The molecule has 0 radical (unpaired) electrons. The lowest BCUT2D eigenvalue weighted by molar-refractivity contribution is -0.160. The third kappa shape index (κ3) is 17.8. The first-order chi connectivity index (χ1) is 44.7. The minimum atomic E-state index is -4.75. The van der Waals surface area contributed by atoms with Crippen molar-refractivity contribution in [3.05, 3.63) is 69.7 Å². The van der Waals surface area contributed by atoms with E-state index in [0.29, 0.717) is 49.7 Å². The number of aryl methyl sites for hydroxylation is 2. The number of nitrogens with zero attached hydrogens (tertiary/aromatic N) is 7. The van der Waals surface area contributed by atoms with Gasteiger partial charge in [-0.25, -0.2) is 0 Å². The van der Waals surface area contributed by atoms with Gasteiger partial charge in [0.25, 0.3) is 0 Å². The van der Waals surface area contributed by atoms with E-state index in [2.05, 4.69) is 21.3 Å². The van der Waals surface area contributed by atoms with E-state index in [0.717, 1.165) is 35.4 Å². The van der Waals surface area contributed by atoms with Crippen LogP contribution in [0.25, 0.3) is 0 Å². The average molecular weight is 1350 g/mol. The normalized spacial score (nSPS) is 27.4. The van der Waals surface area contributed by atoms with Gasteiger partial charge in [-0.3, -0.25) is 52.7 Å². The summed E-state index contributed by atoms with van der Waals surface area (Å²) in [4.78, 5) is 171. The largest absolute Gasteiger partial charge is 0.417 e. The number of likely N-dealkylation sites (N-methyl/N-ethyl adjacent to an activating group) is 5. The van der Waals surface area contributed by atoms with E-state index in [4.69, 9.17) is 11.6 Å². The lowest BCUT2D eigenvalue weighted by Gasteiger charge is -2.45. The third-order valence-electron chi connectivity index (χ3n) is 20.4. The Balaban J connectivity index is 1.25. The molecule has 2 aliphatic carbocycles. The molecule has 2 aromatic rings. The van der Waals surface area contributed by atoms with Crippen molar-refractivity contribution in [3.8, 4) is 0 Å². The monoisotopic (exact) mass is 1350 g/mol. The minimum absolute atomic E-state index is 0.0275. The van der Waals surface area contributed by atoms with Gasteiger partial charge in [0, 0.05) is 67.2 Å². The summed E-state index contributed by atoms with van der Waals surface area (Å²) < 4.78 is 41.5. The van der Waals surface area contributed by atoms with Gasteiger partial charge < -0.3 is 55.6 Å². The van der Waals surface area contributed by atoms with Gasteiger partial charge in [0.15, 0.2) is 0 Å². The van der Waals surface area contributed by atoms with Crippen molar-refractivity contribution < 1.29 is 65.9 Å². The molecule has 0 bridgehead atoms. The fourth-order valence-corrected chi connectivity index (χ4v) is 14.5. The number of hydrogen-bond donors (Lipinski definition) is 4. The van der Waals surface area contributed by atoms with Crippen molar-refractivity contribution in [3.63, 3.8) is 0 Å². The van der Waals surface area contributed by atoms with Crippen molar-refractivity contribution >= 4 is 76.6 Å². The van der Waals surface area contributed by atoms with Crippen LogP contribution in [-0.4, -0.2) is 214 Å². The number of carbonyl (C=O) groups excluding carboxylic acids is 11. The van der Waals surface area contributed by atoms with Crippen molar-refractivity contribution in [2.24, 2.45) is 17.8 Å². The predicted molar refractivity (Wildman–Crippen MR) is 350 cm³/mol. The van der Waals surface area contributed by atoms with Crippen LogP contribution in [0.2, 0.25) is 5.02 Å². The van der Waals surface area contributed by atoms with Gasteiger partial charge in [-0.1, -0.05) is 107 Å². The smallest absolute Gasteiger partial charge is 0.351 e. The molecule has 524 valence electrons. The summed E-state index contributed by atoms with van der Waals surface area (Å²) >= 11 is 6.14. The molecule has 26 heteroatoms. The first-order valence-corrected chi connectivity index (χ1v) is 34.1. The molecule has 11 amide bonds. The Morgan fingerprint density at radius 1 is 0.642 bits per heavy atom. The molecule has 0 aromatic heterocycles. The van der Waals surface area contributed by atoms with E-state index < -0.39 is 154 Å². The van der Waals surface area contributed by atoms with Crippen molar-refractivity contribution in [2.45, 2.75) is 224 Å². The summed E-state index contributed by atoms with van der Waals surface area (Å²) in [7, 11) is 7.25. The highest BCUT2D eigenvalue weighted by Gasteiger charge is 2.51. The second kappa shape index (κ2) is 32.2. The number of rotatable bonds is 10. The van der Waals surface area contributed by atoms with Crippen LogP contribution in [0.3, 0.4) is 0 Å². The Morgan fingerprint density at radius 2 is 1.27 bits per heavy atom. The molecule has 5 fully saturated rings. The van der Waals surface area contributed by atoms with E-state index in [1.54, 1.807) is 26.0 Å².